The summed E-state index contributed by atoms with van der Waals surface area (Å²) in [6.07, 6.45) is 7.32. The molecule has 10 heteroatoms. The second-order valence-electron chi connectivity index (χ2n) is 10.4. The summed E-state index contributed by atoms with van der Waals surface area (Å²) in [7, 11) is 0. The molecule has 2 aromatic rings. The zero-order valence-electron chi connectivity index (χ0n) is 22.2. The number of nitrogens with one attached hydrogen (secondary N) is 2. The Morgan fingerprint density at radius 2 is 2.00 bits per heavy atom. The summed E-state index contributed by atoms with van der Waals surface area (Å²) in [6.45, 7) is 6.99. The van der Waals surface area contributed by atoms with Crippen LogP contribution in [0.15, 0.2) is 21.8 Å². The van der Waals surface area contributed by atoms with Gasteiger partial charge < -0.3 is 24.5 Å². The maximum atomic E-state index is 13.2. The van der Waals surface area contributed by atoms with Crippen molar-refractivity contribution in [1.82, 2.24) is 15.2 Å². The molecule has 1 aliphatic carbocycles. The van der Waals surface area contributed by atoms with Crippen LogP contribution in [0.5, 0.6) is 11.5 Å². The standard InChI is InChI=1S/C28H36ClN3O5S/c1-16-11-24(38-3)21(28(34)31-16)13-30-27(33)20-12-22(29)26-25(17(20)2)37-23(14-36-26)18-5-7-19(8-6-18)32-9-4-10-35-15-32/h11-12,18-19,23H,4-10,13-15H2,1-3H3,(H,30,33)(H,31,34)/t18?,19?,23-/m1/s1. The molecule has 0 unspecified atom stereocenters. The van der Waals surface area contributed by atoms with E-state index in [9.17, 15) is 9.59 Å². The minimum Gasteiger partial charge on any atom is -0.484 e. The van der Waals surface area contributed by atoms with Crippen molar-refractivity contribution in [3.05, 3.63) is 49.9 Å². The molecule has 1 aromatic heterocycles. The summed E-state index contributed by atoms with van der Waals surface area (Å²) in [4.78, 5) is 31.8. The van der Waals surface area contributed by atoms with Gasteiger partial charge in [0.2, 0.25) is 0 Å². The summed E-state index contributed by atoms with van der Waals surface area (Å²) in [5, 5.41) is 3.24. The van der Waals surface area contributed by atoms with Crippen molar-refractivity contribution in [1.29, 1.82) is 0 Å². The van der Waals surface area contributed by atoms with Crippen LogP contribution in [-0.2, 0) is 11.3 Å². The van der Waals surface area contributed by atoms with Crippen LogP contribution in [0.25, 0.3) is 0 Å². The number of hydrogen-bond acceptors (Lipinski definition) is 7. The number of halogens is 1. The number of fused-ring (bicyclic) bond motifs is 1. The van der Waals surface area contributed by atoms with E-state index >= 15 is 0 Å². The summed E-state index contributed by atoms with van der Waals surface area (Å²) >= 11 is 8.03. The third-order valence-corrected chi connectivity index (χ3v) is 9.08. The Morgan fingerprint density at radius 3 is 2.71 bits per heavy atom. The molecule has 206 valence electrons. The van der Waals surface area contributed by atoms with E-state index in [4.69, 9.17) is 25.8 Å². The second kappa shape index (κ2) is 11.9. The fraction of sp³-hybridized carbons (Fsp3) is 0.571. The van der Waals surface area contributed by atoms with Crippen LogP contribution in [0.2, 0.25) is 5.02 Å². The molecule has 1 saturated carbocycles. The van der Waals surface area contributed by atoms with Gasteiger partial charge in [0.15, 0.2) is 11.5 Å². The van der Waals surface area contributed by atoms with Crippen molar-refractivity contribution in [3.8, 4) is 11.5 Å². The molecule has 1 atom stereocenters. The number of rotatable bonds is 6. The number of aromatic amines is 1. The number of ether oxygens (including phenoxy) is 3. The van der Waals surface area contributed by atoms with Crippen molar-refractivity contribution in [2.45, 2.75) is 69.5 Å². The smallest absolute Gasteiger partial charge is 0.254 e. The minimum atomic E-state index is -0.311. The van der Waals surface area contributed by atoms with Crippen molar-refractivity contribution in [2.75, 3.05) is 32.7 Å². The van der Waals surface area contributed by atoms with Crippen LogP contribution in [0, 0.1) is 19.8 Å². The van der Waals surface area contributed by atoms with E-state index in [1.807, 2.05) is 26.2 Å². The first-order valence-electron chi connectivity index (χ1n) is 13.3. The van der Waals surface area contributed by atoms with Crippen LogP contribution in [-0.4, -0.2) is 60.7 Å². The highest BCUT2D eigenvalue weighted by atomic mass is 35.5. The Balaban J connectivity index is 1.27. The fourth-order valence-electron chi connectivity index (χ4n) is 5.84. The van der Waals surface area contributed by atoms with Crippen molar-refractivity contribution >= 4 is 29.3 Å². The number of hydrogen-bond donors (Lipinski definition) is 2. The second-order valence-corrected chi connectivity index (χ2v) is 11.7. The Hall–Kier alpha value is -2.20. The number of carbonyl (C=O) groups excluding carboxylic acids is 1. The average Bonchev–Trinajstić information content (AvgIpc) is 2.94. The maximum absolute atomic E-state index is 13.2. The lowest BCUT2D eigenvalue weighted by atomic mass is 9.82. The molecule has 2 N–H and O–H groups in total. The van der Waals surface area contributed by atoms with Crippen LogP contribution in [0.4, 0.5) is 0 Å². The molecule has 1 aromatic carbocycles. The van der Waals surface area contributed by atoms with Gasteiger partial charge in [-0.1, -0.05) is 11.6 Å². The number of aryl methyl sites for hydroxylation is 1. The van der Waals surface area contributed by atoms with Crippen LogP contribution < -0.4 is 20.3 Å². The van der Waals surface area contributed by atoms with E-state index in [0.29, 0.717) is 51.8 Å². The number of aromatic nitrogens is 1. The number of pyridine rings is 1. The molecule has 5 rings (SSSR count). The van der Waals surface area contributed by atoms with E-state index in [0.717, 1.165) is 62.6 Å². The maximum Gasteiger partial charge on any atom is 0.254 e. The minimum absolute atomic E-state index is 0.0793. The molecule has 2 aliphatic heterocycles. The van der Waals surface area contributed by atoms with Gasteiger partial charge in [-0.2, -0.15) is 0 Å². The van der Waals surface area contributed by atoms with Gasteiger partial charge in [0, 0.05) is 53.0 Å². The number of nitrogens with zero attached hydrogens (tertiary/aromatic N) is 1. The van der Waals surface area contributed by atoms with Gasteiger partial charge in [0.1, 0.15) is 12.7 Å². The van der Waals surface area contributed by atoms with Crippen LogP contribution in [0.3, 0.4) is 0 Å². The lowest BCUT2D eigenvalue weighted by molar-refractivity contribution is -0.0524. The normalized spacial score (nSPS) is 23.7. The number of amides is 1. The predicted octanol–water partition coefficient (Wildman–Crippen LogP) is 4.68. The quantitative estimate of drug-likeness (QED) is 0.495. The highest BCUT2D eigenvalue weighted by Gasteiger charge is 2.36. The third-order valence-electron chi connectivity index (χ3n) is 7.99. The lowest BCUT2D eigenvalue weighted by Crippen LogP contribution is -2.45. The summed E-state index contributed by atoms with van der Waals surface area (Å²) < 4.78 is 18.3. The molecule has 0 radical (unpaired) electrons. The number of thioether (sulfide) groups is 1. The third kappa shape index (κ3) is 5.71. The first-order valence-corrected chi connectivity index (χ1v) is 14.9. The molecular weight excluding hydrogens is 526 g/mol. The Bertz CT molecular complexity index is 1240. The summed E-state index contributed by atoms with van der Waals surface area (Å²) in [5.41, 5.74) is 2.23. The molecular formula is C28H36ClN3O5S. The highest BCUT2D eigenvalue weighted by molar-refractivity contribution is 7.98. The van der Waals surface area contributed by atoms with Crippen LogP contribution in [0.1, 0.15) is 59.3 Å². The molecule has 0 spiro atoms. The average molecular weight is 562 g/mol. The molecule has 0 bridgehead atoms. The Labute approximate surface area is 232 Å². The van der Waals surface area contributed by atoms with Gasteiger partial charge in [-0.25, -0.2) is 0 Å². The largest absolute Gasteiger partial charge is 0.484 e. The van der Waals surface area contributed by atoms with Gasteiger partial charge in [-0.15, -0.1) is 11.8 Å². The molecule has 38 heavy (non-hydrogen) atoms. The molecule has 1 saturated heterocycles. The van der Waals surface area contributed by atoms with Gasteiger partial charge in [0.25, 0.3) is 11.5 Å². The zero-order chi connectivity index (χ0) is 26.8. The fourth-order valence-corrected chi connectivity index (χ4v) is 6.79. The van der Waals surface area contributed by atoms with E-state index in [1.165, 1.54) is 11.8 Å². The molecule has 3 heterocycles. The number of carbonyl (C=O) groups is 1. The molecule has 2 fully saturated rings. The van der Waals surface area contributed by atoms with Crippen molar-refractivity contribution < 1.29 is 19.0 Å². The van der Waals surface area contributed by atoms with Gasteiger partial charge in [-0.3, -0.25) is 14.5 Å². The number of benzene rings is 1. The molecule has 8 nitrogen and oxygen atoms in total. The first kappa shape index (κ1) is 27.4. The predicted molar refractivity (Wildman–Crippen MR) is 149 cm³/mol. The first-order chi connectivity index (χ1) is 18.4. The van der Waals surface area contributed by atoms with E-state index < -0.39 is 0 Å². The van der Waals surface area contributed by atoms with Gasteiger partial charge >= 0.3 is 0 Å². The SMILES string of the molecule is CSc1cc(C)[nH]c(=O)c1CNC(=O)c1cc(Cl)c2c(c1C)O[C@@H](C1CCC(N3CCCOC3)CC1)CO2. The van der Waals surface area contributed by atoms with E-state index in [2.05, 4.69) is 15.2 Å². The van der Waals surface area contributed by atoms with Gasteiger partial charge in [-0.05, 0) is 70.3 Å². The summed E-state index contributed by atoms with van der Waals surface area (Å²) in [6, 6.07) is 4.10. The van der Waals surface area contributed by atoms with Crippen LogP contribution >= 0.6 is 23.4 Å². The monoisotopic (exact) mass is 561 g/mol. The Kier molecular flexibility index (Phi) is 8.57. The molecule has 1 amide bonds. The van der Waals surface area contributed by atoms with Gasteiger partial charge in [0.05, 0.1) is 11.8 Å². The topological polar surface area (TPSA) is 92.9 Å². The highest BCUT2D eigenvalue weighted by Crippen LogP contribution is 2.45. The van der Waals surface area contributed by atoms with E-state index in [1.54, 1.807) is 6.07 Å². The van der Waals surface area contributed by atoms with Crippen molar-refractivity contribution in [2.24, 2.45) is 5.92 Å². The summed E-state index contributed by atoms with van der Waals surface area (Å²) in [5.74, 6) is 1.12. The van der Waals surface area contributed by atoms with E-state index in [-0.39, 0.29) is 24.1 Å². The lowest BCUT2D eigenvalue weighted by Gasteiger charge is -2.41. The number of H-pyrrole nitrogens is 1. The van der Waals surface area contributed by atoms with Crippen molar-refractivity contribution in [3.63, 3.8) is 0 Å². The molecule has 3 aliphatic rings. The zero-order valence-corrected chi connectivity index (χ0v) is 23.8. The Morgan fingerprint density at radius 1 is 1.21 bits per heavy atom.